The second kappa shape index (κ2) is 11.6. The fourth-order valence-electron chi connectivity index (χ4n) is 4.38. The number of hydrogen-bond acceptors (Lipinski definition) is 6. The molecule has 0 radical (unpaired) electrons. The van der Waals surface area contributed by atoms with E-state index in [9.17, 15) is 4.79 Å². The van der Waals surface area contributed by atoms with Crippen LogP contribution in [0.1, 0.15) is 11.1 Å². The van der Waals surface area contributed by atoms with E-state index >= 15 is 0 Å². The number of nitrogens with zero attached hydrogens (tertiary/aromatic N) is 3. The number of ether oxygens (including phenoxy) is 2. The van der Waals surface area contributed by atoms with Crippen molar-refractivity contribution in [3.63, 3.8) is 0 Å². The summed E-state index contributed by atoms with van der Waals surface area (Å²) in [6, 6.07) is 26.0. The highest BCUT2D eigenvalue weighted by atomic mass is 79.9. The van der Waals surface area contributed by atoms with Gasteiger partial charge in [0.2, 0.25) is 5.82 Å². The Bertz CT molecular complexity index is 2020. The molecule has 6 aromatic rings. The summed E-state index contributed by atoms with van der Waals surface area (Å²) >= 11 is 10.6. The van der Waals surface area contributed by atoms with Crippen molar-refractivity contribution in [2.24, 2.45) is 5.10 Å². The third-order valence-corrected chi connectivity index (χ3v) is 8.12. The lowest BCUT2D eigenvalue weighted by atomic mass is 10.2. The van der Waals surface area contributed by atoms with Crippen LogP contribution in [-0.2, 0) is 6.61 Å². The summed E-state index contributed by atoms with van der Waals surface area (Å²) in [6.07, 6.45) is 1.58. The molecular formula is C31H20Br3N3O4. The maximum absolute atomic E-state index is 13.7. The predicted molar refractivity (Wildman–Crippen MR) is 171 cm³/mol. The van der Waals surface area contributed by atoms with Crippen LogP contribution in [0.25, 0.3) is 33.5 Å². The summed E-state index contributed by atoms with van der Waals surface area (Å²) in [6.45, 7) is 0.333. The molecule has 6 rings (SSSR count). The number of benzene rings is 4. The normalized spacial score (nSPS) is 11.5. The number of furan rings is 1. The van der Waals surface area contributed by atoms with E-state index in [1.807, 2.05) is 60.7 Å². The molecule has 0 amide bonds. The Morgan fingerprint density at radius 2 is 1.71 bits per heavy atom. The molecule has 0 spiro atoms. The van der Waals surface area contributed by atoms with Crippen LogP contribution >= 0.6 is 47.8 Å². The van der Waals surface area contributed by atoms with Crippen molar-refractivity contribution in [3.8, 4) is 23.1 Å². The first-order chi connectivity index (χ1) is 19.9. The first-order valence-electron chi connectivity index (χ1n) is 12.4. The molecule has 0 unspecified atom stereocenters. The summed E-state index contributed by atoms with van der Waals surface area (Å²) in [5, 5.41) is 5.82. The largest absolute Gasteiger partial charge is 0.496 e. The van der Waals surface area contributed by atoms with Crippen LogP contribution in [0.15, 0.2) is 113 Å². The van der Waals surface area contributed by atoms with E-state index in [0.717, 1.165) is 24.4 Å². The maximum atomic E-state index is 13.7. The van der Waals surface area contributed by atoms with Crippen LogP contribution in [0.2, 0.25) is 0 Å². The van der Waals surface area contributed by atoms with Crippen molar-refractivity contribution >= 4 is 75.9 Å². The van der Waals surface area contributed by atoms with Crippen molar-refractivity contribution in [2.45, 2.75) is 6.61 Å². The molecular weight excluding hydrogens is 718 g/mol. The number of hydrogen-bond donors (Lipinski definition) is 0. The number of rotatable bonds is 7. The van der Waals surface area contributed by atoms with Crippen LogP contribution in [0, 0.1) is 0 Å². The van der Waals surface area contributed by atoms with Gasteiger partial charge in [-0.3, -0.25) is 4.79 Å². The quantitative estimate of drug-likeness (QED) is 0.154. The first kappa shape index (κ1) is 27.4. The SMILES string of the molecule is COc1cccc2oc(-c3nc4ccccc4c(=O)n3N=Cc3cc(Br)ccc3OCc3ccc(Br)cc3Br)cc12. The van der Waals surface area contributed by atoms with Gasteiger partial charge in [-0.1, -0.05) is 72.1 Å². The second-order valence-corrected chi connectivity index (χ2v) is 11.7. The Kier molecular flexibility index (Phi) is 7.79. The first-order valence-corrected chi connectivity index (χ1v) is 14.8. The summed E-state index contributed by atoms with van der Waals surface area (Å²) in [5.41, 5.74) is 2.48. The molecule has 4 aromatic carbocycles. The maximum Gasteiger partial charge on any atom is 0.282 e. The summed E-state index contributed by atoms with van der Waals surface area (Å²) in [4.78, 5) is 18.5. The van der Waals surface area contributed by atoms with Crippen molar-refractivity contribution in [1.82, 2.24) is 9.66 Å². The van der Waals surface area contributed by atoms with Gasteiger partial charge in [-0.25, -0.2) is 4.98 Å². The third-order valence-electron chi connectivity index (χ3n) is 6.40. The van der Waals surface area contributed by atoms with Crippen LogP contribution in [0.5, 0.6) is 11.5 Å². The van der Waals surface area contributed by atoms with E-state index in [2.05, 4.69) is 52.9 Å². The Balaban J connectivity index is 1.44. The fourth-order valence-corrected chi connectivity index (χ4v) is 5.92. The molecule has 0 N–H and O–H groups in total. The zero-order valence-electron chi connectivity index (χ0n) is 21.5. The molecule has 0 bridgehead atoms. The highest BCUT2D eigenvalue weighted by Crippen LogP contribution is 2.33. The van der Waals surface area contributed by atoms with Gasteiger partial charge < -0.3 is 13.9 Å². The minimum atomic E-state index is -0.328. The monoisotopic (exact) mass is 735 g/mol. The molecule has 0 saturated carbocycles. The Labute approximate surface area is 259 Å². The summed E-state index contributed by atoms with van der Waals surface area (Å²) < 4.78 is 21.8. The Morgan fingerprint density at radius 1 is 0.902 bits per heavy atom. The number of aromatic nitrogens is 2. The molecule has 0 aliphatic rings. The molecule has 2 heterocycles. The van der Waals surface area contributed by atoms with Gasteiger partial charge in [0.25, 0.3) is 5.56 Å². The molecule has 0 aliphatic carbocycles. The average molecular weight is 738 g/mol. The van der Waals surface area contributed by atoms with Gasteiger partial charge in [0.05, 0.1) is 29.6 Å². The molecule has 2 aromatic heterocycles. The van der Waals surface area contributed by atoms with Crippen molar-refractivity contribution in [3.05, 3.63) is 120 Å². The summed E-state index contributed by atoms with van der Waals surface area (Å²) in [7, 11) is 1.60. The Hall–Kier alpha value is -3.73. The van der Waals surface area contributed by atoms with Crippen LogP contribution in [0.4, 0.5) is 0 Å². The molecule has 0 saturated heterocycles. The number of fused-ring (bicyclic) bond motifs is 2. The zero-order valence-corrected chi connectivity index (χ0v) is 26.2. The van der Waals surface area contributed by atoms with E-state index < -0.39 is 0 Å². The van der Waals surface area contributed by atoms with Crippen molar-refractivity contribution < 1.29 is 13.9 Å². The van der Waals surface area contributed by atoms with E-state index in [-0.39, 0.29) is 11.4 Å². The number of halogens is 3. The van der Waals surface area contributed by atoms with Gasteiger partial charge in [-0.2, -0.15) is 9.78 Å². The molecule has 41 heavy (non-hydrogen) atoms. The average Bonchev–Trinajstić information content (AvgIpc) is 3.41. The number of para-hydroxylation sites is 1. The van der Waals surface area contributed by atoms with Gasteiger partial charge in [-0.15, -0.1) is 0 Å². The molecule has 0 fully saturated rings. The molecule has 10 heteroatoms. The highest BCUT2D eigenvalue weighted by Gasteiger charge is 2.18. The molecule has 7 nitrogen and oxygen atoms in total. The standard InChI is InChI=1S/C31H20Br3N3O4/c1-39-27-7-4-8-28-23(27)15-29(41-28)30-36-25-6-3-2-5-22(25)31(38)37(30)35-16-19-13-20(32)11-12-26(19)40-17-18-9-10-21(33)14-24(18)34/h2-16H,17H2,1H3. The minimum Gasteiger partial charge on any atom is -0.496 e. The van der Waals surface area contributed by atoms with Crippen molar-refractivity contribution in [1.29, 1.82) is 0 Å². The topological polar surface area (TPSA) is 78.9 Å². The number of methoxy groups -OCH3 is 1. The lowest BCUT2D eigenvalue weighted by molar-refractivity contribution is 0.305. The van der Waals surface area contributed by atoms with Crippen LogP contribution < -0.4 is 15.0 Å². The predicted octanol–water partition coefficient (Wildman–Crippen LogP) is 8.57. The smallest absolute Gasteiger partial charge is 0.282 e. The lowest BCUT2D eigenvalue weighted by Crippen LogP contribution is -2.20. The van der Waals surface area contributed by atoms with Crippen LogP contribution in [-0.4, -0.2) is 23.0 Å². The van der Waals surface area contributed by atoms with E-state index in [1.165, 1.54) is 4.68 Å². The molecule has 0 aliphatic heterocycles. The van der Waals surface area contributed by atoms with Gasteiger partial charge in [-0.05, 0) is 60.7 Å². The minimum absolute atomic E-state index is 0.263. The second-order valence-electron chi connectivity index (χ2n) is 9.00. The Morgan fingerprint density at radius 3 is 2.54 bits per heavy atom. The highest BCUT2D eigenvalue weighted by molar-refractivity contribution is 9.11. The van der Waals surface area contributed by atoms with Gasteiger partial charge in [0.15, 0.2) is 5.76 Å². The third kappa shape index (κ3) is 5.59. The summed E-state index contributed by atoms with van der Waals surface area (Å²) in [5.74, 6) is 1.90. The molecule has 204 valence electrons. The fraction of sp³-hybridized carbons (Fsp3) is 0.0645. The van der Waals surface area contributed by atoms with Gasteiger partial charge >= 0.3 is 0 Å². The van der Waals surface area contributed by atoms with Crippen molar-refractivity contribution in [2.75, 3.05) is 7.11 Å². The van der Waals surface area contributed by atoms with E-state index in [4.69, 9.17) is 18.9 Å². The van der Waals surface area contributed by atoms with E-state index in [1.54, 1.807) is 37.6 Å². The molecule has 0 atom stereocenters. The lowest BCUT2D eigenvalue weighted by Gasteiger charge is -2.12. The van der Waals surface area contributed by atoms with Gasteiger partial charge in [0, 0.05) is 24.5 Å². The zero-order chi connectivity index (χ0) is 28.5. The van der Waals surface area contributed by atoms with Crippen LogP contribution in [0.3, 0.4) is 0 Å². The van der Waals surface area contributed by atoms with E-state index in [0.29, 0.717) is 45.9 Å². The van der Waals surface area contributed by atoms with Gasteiger partial charge in [0.1, 0.15) is 23.7 Å².